The summed E-state index contributed by atoms with van der Waals surface area (Å²) in [5.74, 6) is 3.82. The molecule has 0 amide bonds. The fourth-order valence-electron chi connectivity index (χ4n) is 4.11. The lowest BCUT2D eigenvalue weighted by atomic mass is 10.1. The highest BCUT2D eigenvalue weighted by molar-refractivity contribution is 5.68. The van der Waals surface area contributed by atoms with Crippen molar-refractivity contribution in [3.8, 4) is 28.2 Å². The van der Waals surface area contributed by atoms with Gasteiger partial charge >= 0.3 is 0 Å². The predicted molar refractivity (Wildman–Crippen MR) is 155 cm³/mol. The molecule has 0 aliphatic heterocycles. The molecule has 9 heteroatoms. The van der Waals surface area contributed by atoms with Gasteiger partial charge in [0.2, 0.25) is 17.8 Å². The van der Waals surface area contributed by atoms with E-state index < -0.39 is 0 Å². The Hall–Kier alpha value is -5.57. The third-order valence-corrected chi connectivity index (χ3v) is 6.14. The van der Waals surface area contributed by atoms with Crippen LogP contribution in [0.1, 0.15) is 11.5 Å². The molecule has 6 rings (SSSR count). The van der Waals surface area contributed by atoms with Crippen molar-refractivity contribution < 1.29 is 13.9 Å². The van der Waals surface area contributed by atoms with Gasteiger partial charge in [0.1, 0.15) is 23.0 Å². The van der Waals surface area contributed by atoms with E-state index in [1.807, 2.05) is 91.9 Å². The highest BCUT2D eigenvalue weighted by Gasteiger charge is 2.10. The minimum absolute atomic E-state index is 0.237. The van der Waals surface area contributed by atoms with Crippen molar-refractivity contribution in [2.45, 2.75) is 13.5 Å². The van der Waals surface area contributed by atoms with Crippen LogP contribution < -0.4 is 16.0 Å². The van der Waals surface area contributed by atoms with Gasteiger partial charge in [0, 0.05) is 16.9 Å². The van der Waals surface area contributed by atoms with Crippen LogP contribution in [0, 0.1) is 6.92 Å². The van der Waals surface area contributed by atoms with Crippen LogP contribution in [0.2, 0.25) is 0 Å². The molecule has 4 N–H and O–H groups in total. The summed E-state index contributed by atoms with van der Waals surface area (Å²) in [6.07, 6.45) is 1.62. The Morgan fingerprint density at radius 3 is 1.77 bits per heavy atom. The standard InChI is InChI=1S/C31H26N6O3/c1-20-4-17-28(40-20)23-7-13-25(14-8-23)34-31-36-29(32-19-27-3-2-18-39-27)35-30(37-31)33-24-11-5-21(6-12-24)22-9-15-26(38)16-10-22/h2-18,38H,19H2,1H3,(H3,32,33,34,35,36,37). The van der Waals surface area contributed by atoms with E-state index in [0.717, 1.165) is 45.3 Å². The van der Waals surface area contributed by atoms with E-state index in [9.17, 15) is 5.11 Å². The monoisotopic (exact) mass is 530 g/mol. The molecular weight excluding hydrogens is 504 g/mol. The van der Waals surface area contributed by atoms with Gasteiger partial charge in [-0.3, -0.25) is 0 Å². The zero-order valence-corrected chi connectivity index (χ0v) is 21.6. The lowest BCUT2D eigenvalue weighted by Crippen LogP contribution is -2.09. The molecule has 0 radical (unpaired) electrons. The zero-order valence-electron chi connectivity index (χ0n) is 21.6. The van der Waals surface area contributed by atoms with Crippen LogP contribution in [0.5, 0.6) is 5.75 Å². The number of aromatic hydroxyl groups is 1. The van der Waals surface area contributed by atoms with Crippen LogP contribution in [-0.2, 0) is 6.54 Å². The molecule has 0 saturated heterocycles. The van der Waals surface area contributed by atoms with Crippen molar-refractivity contribution in [1.82, 2.24) is 15.0 Å². The summed E-state index contributed by atoms with van der Waals surface area (Å²) >= 11 is 0. The highest BCUT2D eigenvalue weighted by atomic mass is 16.3. The van der Waals surface area contributed by atoms with Crippen LogP contribution in [0.3, 0.4) is 0 Å². The molecule has 3 aromatic heterocycles. The van der Waals surface area contributed by atoms with Gasteiger partial charge in [-0.25, -0.2) is 0 Å². The van der Waals surface area contributed by atoms with Gasteiger partial charge in [0.25, 0.3) is 0 Å². The van der Waals surface area contributed by atoms with Crippen LogP contribution >= 0.6 is 0 Å². The molecule has 0 aliphatic rings. The number of hydrogen-bond acceptors (Lipinski definition) is 9. The van der Waals surface area contributed by atoms with Crippen molar-refractivity contribution in [2.24, 2.45) is 0 Å². The van der Waals surface area contributed by atoms with E-state index in [2.05, 4.69) is 30.9 Å². The van der Waals surface area contributed by atoms with Gasteiger partial charge in [-0.15, -0.1) is 0 Å². The molecule has 0 fully saturated rings. The number of phenolic OH excluding ortho intramolecular Hbond substituents is 1. The first kappa shape index (κ1) is 24.7. The number of anilines is 5. The van der Waals surface area contributed by atoms with Gasteiger partial charge in [-0.05, 0) is 90.8 Å². The second kappa shape index (κ2) is 11.0. The SMILES string of the molecule is Cc1ccc(-c2ccc(Nc3nc(NCc4ccco4)nc(Nc4ccc(-c5ccc(O)cc5)cc4)n3)cc2)o1. The molecule has 3 heterocycles. The molecule has 0 spiro atoms. The zero-order chi connectivity index (χ0) is 27.3. The Kier molecular flexibility index (Phi) is 6.83. The molecule has 0 saturated carbocycles. The molecule has 0 unspecified atom stereocenters. The maximum absolute atomic E-state index is 9.55. The summed E-state index contributed by atoms with van der Waals surface area (Å²) in [5, 5.41) is 19.3. The molecule has 0 atom stereocenters. The van der Waals surface area contributed by atoms with Gasteiger partial charge in [0.15, 0.2) is 0 Å². The van der Waals surface area contributed by atoms with Crippen LogP contribution in [0.25, 0.3) is 22.5 Å². The summed E-state index contributed by atoms with van der Waals surface area (Å²) in [7, 11) is 0. The maximum Gasteiger partial charge on any atom is 0.233 e. The first-order valence-corrected chi connectivity index (χ1v) is 12.7. The normalized spacial score (nSPS) is 10.8. The van der Waals surface area contributed by atoms with Crippen LogP contribution in [-0.4, -0.2) is 20.1 Å². The number of rotatable bonds is 9. The highest BCUT2D eigenvalue weighted by Crippen LogP contribution is 2.27. The number of aromatic nitrogens is 3. The van der Waals surface area contributed by atoms with E-state index >= 15 is 0 Å². The fourth-order valence-corrected chi connectivity index (χ4v) is 4.11. The molecule has 198 valence electrons. The molecule has 3 aromatic carbocycles. The average molecular weight is 531 g/mol. The summed E-state index contributed by atoms with van der Waals surface area (Å²) < 4.78 is 11.1. The fraction of sp³-hybridized carbons (Fsp3) is 0.0645. The Morgan fingerprint density at radius 2 is 1.23 bits per heavy atom. The topological polar surface area (TPSA) is 121 Å². The van der Waals surface area contributed by atoms with E-state index in [0.29, 0.717) is 24.4 Å². The first-order valence-electron chi connectivity index (χ1n) is 12.7. The van der Waals surface area contributed by atoms with Crippen LogP contribution in [0.15, 0.2) is 112 Å². The smallest absolute Gasteiger partial charge is 0.233 e. The number of furan rings is 2. The van der Waals surface area contributed by atoms with Gasteiger partial charge in [0.05, 0.1) is 12.8 Å². The van der Waals surface area contributed by atoms with Gasteiger partial charge in [-0.1, -0.05) is 24.3 Å². The Balaban J connectivity index is 1.22. The molecule has 6 aromatic rings. The van der Waals surface area contributed by atoms with Crippen molar-refractivity contribution in [1.29, 1.82) is 0 Å². The summed E-state index contributed by atoms with van der Waals surface area (Å²) in [4.78, 5) is 13.7. The Morgan fingerprint density at radius 1 is 0.650 bits per heavy atom. The summed E-state index contributed by atoms with van der Waals surface area (Å²) in [6, 6.07) is 30.4. The number of nitrogens with zero attached hydrogens (tertiary/aromatic N) is 3. The minimum Gasteiger partial charge on any atom is -0.508 e. The third kappa shape index (κ3) is 5.94. The van der Waals surface area contributed by atoms with E-state index in [-0.39, 0.29) is 5.75 Å². The molecular formula is C31H26N6O3. The number of hydrogen-bond donors (Lipinski definition) is 4. The summed E-state index contributed by atoms with van der Waals surface area (Å²) in [6.45, 7) is 2.35. The maximum atomic E-state index is 9.55. The Bertz CT molecular complexity index is 1690. The van der Waals surface area contributed by atoms with E-state index in [1.165, 1.54) is 0 Å². The molecule has 0 aliphatic carbocycles. The van der Waals surface area contributed by atoms with E-state index in [4.69, 9.17) is 8.83 Å². The molecule has 40 heavy (non-hydrogen) atoms. The minimum atomic E-state index is 0.237. The predicted octanol–water partition coefficient (Wildman–Crippen LogP) is 7.50. The second-order valence-corrected chi connectivity index (χ2v) is 9.10. The lowest BCUT2D eigenvalue weighted by molar-refractivity contribution is 0.475. The Labute approximate surface area is 230 Å². The third-order valence-electron chi connectivity index (χ3n) is 6.14. The lowest BCUT2D eigenvalue weighted by Gasteiger charge is -2.12. The van der Waals surface area contributed by atoms with E-state index in [1.54, 1.807) is 18.4 Å². The van der Waals surface area contributed by atoms with Gasteiger partial charge < -0.3 is 29.9 Å². The molecule has 9 nitrogen and oxygen atoms in total. The number of nitrogens with one attached hydrogen (secondary N) is 3. The van der Waals surface area contributed by atoms with Crippen molar-refractivity contribution in [3.63, 3.8) is 0 Å². The number of phenols is 1. The largest absolute Gasteiger partial charge is 0.508 e. The average Bonchev–Trinajstić information content (AvgIpc) is 3.65. The van der Waals surface area contributed by atoms with Crippen molar-refractivity contribution in [3.05, 3.63) is 115 Å². The number of benzene rings is 3. The number of aryl methyl sites for hydroxylation is 1. The van der Waals surface area contributed by atoms with Crippen molar-refractivity contribution in [2.75, 3.05) is 16.0 Å². The summed E-state index contributed by atoms with van der Waals surface area (Å²) in [5.41, 5.74) is 4.65. The first-order chi connectivity index (χ1) is 19.6. The van der Waals surface area contributed by atoms with Crippen molar-refractivity contribution >= 4 is 29.2 Å². The van der Waals surface area contributed by atoms with Crippen LogP contribution in [0.4, 0.5) is 29.2 Å². The molecule has 0 bridgehead atoms. The second-order valence-electron chi connectivity index (χ2n) is 9.10. The van der Waals surface area contributed by atoms with Gasteiger partial charge in [-0.2, -0.15) is 15.0 Å². The quantitative estimate of drug-likeness (QED) is 0.150.